The van der Waals surface area contributed by atoms with Crippen molar-refractivity contribution in [1.82, 2.24) is 19.7 Å². The maximum Gasteiger partial charge on any atom is 0.435 e. The average molecular weight is 514 g/mol. The van der Waals surface area contributed by atoms with Gasteiger partial charge in [-0.25, -0.2) is 23.1 Å². The maximum absolute atomic E-state index is 13.1. The van der Waals surface area contributed by atoms with Crippen LogP contribution in [0, 0.1) is 11.3 Å². The van der Waals surface area contributed by atoms with Crippen molar-refractivity contribution in [3.8, 4) is 28.8 Å². The number of sulfonamides is 1. The standard InChI is InChI=1S/C23H17F3N6O3S/c1-2-32-19(13-21(30-32)23(24,25)26)15-4-6-17(7-5-15)35-20-9-8-18(12-16(20)14-27)36(33,34)31-22-28-10-3-11-29-22/h3-13H,2H2,1H3,(H,28,29,31). The van der Waals surface area contributed by atoms with E-state index >= 15 is 0 Å². The third kappa shape index (κ3) is 5.28. The molecule has 1 N–H and O–H groups in total. The molecule has 0 amide bonds. The summed E-state index contributed by atoms with van der Waals surface area (Å²) in [4.78, 5) is 7.42. The highest BCUT2D eigenvalue weighted by atomic mass is 32.2. The summed E-state index contributed by atoms with van der Waals surface area (Å²) >= 11 is 0. The summed E-state index contributed by atoms with van der Waals surface area (Å²) in [6.07, 6.45) is -1.81. The molecule has 4 rings (SSSR count). The normalized spacial score (nSPS) is 11.6. The minimum atomic E-state index is -4.56. The summed E-state index contributed by atoms with van der Waals surface area (Å²) < 4.78 is 73.6. The van der Waals surface area contributed by atoms with E-state index in [-0.39, 0.29) is 28.7 Å². The molecule has 0 saturated heterocycles. The zero-order chi connectivity index (χ0) is 25.9. The Bertz CT molecular complexity index is 1530. The van der Waals surface area contributed by atoms with Crippen LogP contribution in [0.3, 0.4) is 0 Å². The highest BCUT2D eigenvalue weighted by Crippen LogP contribution is 2.33. The Morgan fingerprint density at radius 3 is 2.39 bits per heavy atom. The first-order valence-corrected chi connectivity index (χ1v) is 11.9. The predicted octanol–water partition coefficient (Wildman–Crippen LogP) is 4.84. The van der Waals surface area contributed by atoms with Crippen molar-refractivity contribution in [2.24, 2.45) is 0 Å². The van der Waals surface area contributed by atoms with Crippen LogP contribution in [0.5, 0.6) is 11.5 Å². The van der Waals surface area contributed by atoms with E-state index < -0.39 is 21.9 Å². The number of nitrogens with zero attached hydrogens (tertiary/aromatic N) is 5. The topological polar surface area (TPSA) is 123 Å². The third-order valence-electron chi connectivity index (χ3n) is 4.92. The molecule has 2 heterocycles. The lowest BCUT2D eigenvalue weighted by Gasteiger charge is -2.11. The molecule has 0 unspecified atom stereocenters. The van der Waals surface area contributed by atoms with Gasteiger partial charge in [0.15, 0.2) is 5.69 Å². The zero-order valence-electron chi connectivity index (χ0n) is 18.6. The fraction of sp³-hybridized carbons (Fsp3) is 0.130. The second-order valence-corrected chi connectivity index (χ2v) is 8.98. The average Bonchev–Trinajstić information content (AvgIpc) is 3.30. The summed E-state index contributed by atoms with van der Waals surface area (Å²) in [7, 11) is -4.06. The maximum atomic E-state index is 13.1. The lowest BCUT2D eigenvalue weighted by Crippen LogP contribution is -2.15. The molecule has 4 aromatic rings. The molecule has 0 aliphatic carbocycles. The molecule has 0 radical (unpaired) electrons. The highest BCUT2D eigenvalue weighted by molar-refractivity contribution is 7.92. The Balaban J connectivity index is 1.56. The molecule has 0 fully saturated rings. The Morgan fingerprint density at radius 1 is 1.08 bits per heavy atom. The van der Waals surface area contributed by atoms with Gasteiger partial charge < -0.3 is 4.74 Å². The fourth-order valence-corrected chi connectivity index (χ4v) is 4.22. The number of aryl methyl sites for hydroxylation is 1. The molecule has 36 heavy (non-hydrogen) atoms. The van der Waals surface area contributed by atoms with Crippen molar-refractivity contribution in [2.75, 3.05) is 4.72 Å². The SMILES string of the molecule is CCn1nc(C(F)(F)F)cc1-c1ccc(Oc2ccc(S(=O)(=O)Nc3ncccn3)cc2C#N)cc1. The largest absolute Gasteiger partial charge is 0.456 e. The highest BCUT2D eigenvalue weighted by Gasteiger charge is 2.35. The first kappa shape index (κ1) is 24.7. The Kier molecular flexibility index (Phi) is 6.63. The molecule has 0 spiro atoms. The molecule has 2 aromatic heterocycles. The number of alkyl halides is 3. The van der Waals surface area contributed by atoms with E-state index in [4.69, 9.17) is 4.74 Å². The monoisotopic (exact) mass is 514 g/mol. The van der Waals surface area contributed by atoms with Gasteiger partial charge in [0.1, 0.15) is 17.6 Å². The van der Waals surface area contributed by atoms with Gasteiger partial charge in [-0.15, -0.1) is 0 Å². The van der Waals surface area contributed by atoms with E-state index in [1.807, 2.05) is 6.07 Å². The van der Waals surface area contributed by atoms with Gasteiger partial charge in [0.25, 0.3) is 10.0 Å². The zero-order valence-corrected chi connectivity index (χ0v) is 19.4. The molecule has 0 aliphatic heterocycles. The summed E-state index contributed by atoms with van der Waals surface area (Å²) in [5.74, 6) is 0.265. The van der Waals surface area contributed by atoms with E-state index in [2.05, 4.69) is 19.8 Å². The molecular weight excluding hydrogens is 497 g/mol. The first-order valence-electron chi connectivity index (χ1n) is 10.4. The minimum Gasteiger partial charge on any atom is -0.456 e. The molecule has 0 bridgehead atoms. The summed E-state index contributed by atoms with van der Waals surface area (Å²) in [5, 5.41) is 13.1. The van der Waals surface area contributed by atoms with Crippen molar-refractivity contribution < 1.29 is 26.3 Å². The molecule has 0 aliphatic rings. The van der Waals surface area contributed by atoms with Gasteiger partial charge in [-0.1, -0.05) is 0 Å². The molecule has 13 heteroatoms. The van der Waals surface area contributed by atoms with Crippen LogP contribution < -0.4 is 9.46 Å². The quantitative estimate of drug-likeness (QED) is 0.374. The number of nitrogens with one attached hydrogen (secondary N) is 1. The van der Waals surface area contributed by atoms with E-state index in [0.29, 0.717) is 17.0 Å². The second kappa shape index (κ2) is 9.67. The van der Waals surface area contributed by atoms with Crippen LogP contribution in [0.15, 0.2) is 71.9 Å². The number of halogens is 3. The number of nitriles is 1. The third-order valence-corrected chi connectivity index (χ3v) is 6.25. The lowest BCUT2D eigenvalue weighted by molar-refractivity contribution is -0.141. The van der Waals surface area contributed by atoms with Crippen molar-refractivity contribution in [2.45, 2.75) is 24.5 Å². The van der Waals surface area contributed by atoms with E-state index in [1.165, 1.54) is 47.4 Å². The molecule has 9 nitrogen and oxygen atoms in total. The Hall–Kier alpha value is -4.44. The molecule has 0 atom stereocenters. The van der Waals surface area contributed by atoms with Gasteiger partial charge in [0.05, 0.1) is 16.2 Å². The van der Waals surface area contributed by atoms with E-state index in [1.54, 1.807) is 19.1 Å². The van der Waals surface area contributed by atoms with Gasteiger partial charge in [-0.2, -0.15) is 23.5 Å². The van der Waals surface area contributed by atoms with Crippen molar-refractivity contribution in [1.29, 1.82) is 5.26 Å². The van der Waals surface area contributed by atoms with Crippen molar-refractivity contribution in [3.05, 3.63) is 78.2 Å². The van der Waals surface area contributed by atoms with Gasteiger partial charge in [0, 0.05) is 24.5 Å². The van der Waals surface area contributed by atoms with Crippen LogP contribution in [-0.2, 0) is 22.7 Å². The molecule has 0 saturated carbocycles. The van der Waals surface area contributed by atoms with Crippen molar-refractivity contribution >= 4 is 16.0 Å². The van der Waals surface area contributed by atoms with Gasteiger partial charge in [0.2, 0.25) is 5.95 Å². The summed E-state index contributed by atoms with van der Waals surface area (Å²) in [6.45, 7) is 1.93. The summed E-state index contributed by atoms with van der Waals surface area (Å²) in [5.41, 5.74) is -0.251. The summed E-state index contributed by atoms with van der Waals surface area (Å²) in [6, 6.07) is 14.3. The van der Waals surface area contributed by atoms with Crippen LogP contribution in [0.1, 0.15) is 18.2 Å². The fourth-order valence-electron chi connectivity index (χ4n) is 3.23. The van der Waals surface area contributed by atoms with E-state index in [9.17, 15) is 26.9 Å². The molecule has 184 valence electrons. The van der Waals surface area contributed by atoms with Gasteiger partial charge in [-0.3, -0.25) is 4.68 Å². The number of anilines is 1. The lowest BCUT2D eigenvalue weighted by atomic mass is 10.1. The number of hydrogen-bond donors (Lipinski definition) is 1. The van der Waals surface area contributed by atoms with Gasteiger partial charge in [-0.05, 0) is 61.5 Å². The predicted molar refractivity (Wildman–Crippen MR) is 122 cm³/mol. The van der Waals surface area contributed by atoms with Crippen LogP contribution >= 0.6 is 0 Å². The van der Waals surface area contributed by atoms with Crippen LogP contribution in [0.25, 0.3) is 11.3 Å². The number of benzene rings is 2. The van der Waals surface area contributed by atoms with E-state index in [0.717, 1.165) is 12.1 Å². The molecular formula is C23H17F3N6O3S. The van der Waals surface area contributed by atoms with Crippen molar-refractivity contribution in [3.63, 3.8) is 0 Å². The number of rotatable bonds is 7. The van der Waals surface area contributed by atoms with Crippen LogP contribution in [0.2, 0.25) is 0 Å². The number of aromatic nitrogens is 4. The smallest absolute Gasteiger partial charge is 0.435 e. The molecule has 2 aromatic carbocycles. The number of ether oxygens (including phenoxy) is 1. The minimum absolute atomic E-state index is 0.0465. The number of hydrogen-bond acceptors (Lipinski definition) is 7. The van der Waals surface area contributed by atoms with Crippen LogP contribution in [0.4, 0.5) is 19.1 Å². The van der Waals surface area contributed by atoms with Crippen LogP contribution in [-0.4, -0.2) is 28.2 Å². The Morgan fingerprint density at radius 2 is 1.78 bits per heavy atom. The van der Waals surface area contributed by atoms with Gasteiger partial charge >= 0.3 is 6.18 Å². The second-order valence-electron chi connectivity index (χ2n) is 7.30. The first-order chi connectivity index (χ1) is 17.1. The Labute approximate surface area is 203 Å².